The van der Waals surface area contributed by atoms with Crippen LogP contribution in [-0.4, -0.2) is 36.7 Å². The van der Waals surface area contributed by atoms with Gasteiger partial charge in [0.25, 0.3) is 0 Å². The van der Waals surface area contributed by atoms with E-state index in [4.69, 9.17) is 4.99 Å². The van der Waals surface area contributed by atoms with Gasteiger partial charge in [-0.1, -0.05) is 51.0 Å². The maximum absolute atomic E-state index is 4.74. The van der Waals surface area contributed by atoms with Crippen molar-refractivity contribution in [1.29, 1.82) is 0 Å². The third-order valence-corrected chi connectivity index (χ3v) is 5.57. The van der Waals surface area contributed by atoms with Gasteiger partial charge in [-0.15, -0.1) is 0 Å². The second-order valence-corrected chi connectivity index (χ2v) is 8.16. The van der Waals surface area contributed by atoms with Crippen LogP contribution in [0.15, 0.2) is 82.1 Å². The minimum atomic E-state index is 0.347. The van der Waals surface area contributed by atoms with E-state index >= 15 is 0 Å². The maximum Gasteiger partial charge on any atom is 0.225 e. The number of guanidine groups is 1. The van der Waals surface area contributed by atoms with Crippen LogP contribution in [0.1, 0.15) is 52.9 Å². The second-order valence-electron chi connectivity index (χ2n) is 8.16. The fourth-order valence-corrected chi connectivity index (χ4v) is 3.43. The van der Waals surface area contributed by atoms with E-state index in [0.717, 1.165) is 42.2 Å². The Morgan fingerprint density at radius 2 is 1.70 bits per heavy atom. The molecule has 0 aromatic carbocycles. The molecule has 4 heteroatoms. The number of nitrogens with zero attached hydrogens (tertiary/aromatic N) is 3. The maximum atomic E-state index is 4.74. The topological polar surface area (TPSA) is 40.0 Å². The molecule has 0 fully saturated rings. The van der Waals surface area contributed by atoms with Gasteiger partial charge in [0.1, 0.15) is 0 Å². The molecule has 0 heterocycles. The van der Waals surface area contributed by atoms with Crippen molar-refractivity contribution in [2.45, 2.75) is 52.9 Å². The number of hydrogen-bond donors (Lipinski definition) is 1. The van der Waals surface area contributed by atoms with Gasteiger partial charge in [-0.2, -0.15) is 0 Å². The average Bonchev–Trinajstić information content (AvgIpc) is 2.96. The molecule has 0 saturated carbocycles. The lowest BCUT2D eigenvalue weighted by Gasteiger charge is -2.22. The summed E-state index contributed by atoms with van der Waals surface area (Å²) in [5.74, 6) is 0.982. The smallest absolute Gasteiger partial charge is 0.225 e. The Morgan fingerprint density at radius 3 is 2.23 bits per heavy atom. The van der Waals surface area contributed by atoms with Gasteiger partial charge in [-0.3, -0.25) is 4.99 Å². The van der Waals surface area contributed by atoms with Crippen molar-refractivity contribution < 1.29 is 0 Å². The Labute approximate surface area is 183 Å². The molecule has 0 unspecified atom stereocenters. The second kappa shape index (κ2) is 11.5. The summed E-state index contributed by atoms with van der Waals surface area (Å²) in [5, 5.41) is 3.45. The van der Waals surface area contributed by atoms with E-state index in [2.05, 4.69) is 61.3 Å². The van der Waals surface area contributed by atoms with Crippen molar-refractivity contribution in [3.63, 3.8) is 0 Å². The minimum Gasteiger partial charge on any atom is -0.383 e. The van der Waals surface area contributed by atoms with Gasteiger partial charge in [0.05, 0.1) is 5.71 Å². The molecule has 0 atom stereocenters. The Kier molecular flexibility index (Phi) is 9.10. The number of allylic oxidation sites excluding steroid dienone is 6. The number of aliphatic imine (C=N–C) groups is 2. The summed E-state index contributed by atoms with van der Waals surface area (Å²) in [4.78, 5) is 11.3. The van der Waals surface area contributed by atoms with Crippen molar-refractivity contribution in [3.8, 4) is 0 Å². The van der Waals surface area contributed by atoms with E-state index in [9.17, 15) is 0 Å². The molecule has 0 spiro atoms. The zero-order chi connectivity index (χ0) is 22.1. The van der Waals surface area contributed by atoms with Crippen LogP contribution < -0.4 is 5.32 Å². The average molecular weight is 407 g/mol. The Balaban J connectivity index is 2.01. The van der Waals surface area contributed by atoms with E-state index in [0.29, 0.717) is 11.9 Å². The SMILES string of the molecule is C=C(C)C(=C)N(C)C(=NCCC)/N=C(\C)C(=C)NCC1C=CC2=C(C=C1)CCCC2. The summed E-state index contributed by atoms with van der Waals surface area (Å²) in [7, 11) is 1.92. The molecule has 162 valence electrons. The van der Waals surface area contributed by atoms with E-state index in [-0.39, 0.29) is 0 Å². The van der Waals surface area contributed by atoms with Crippen molar-refractivity contribution >= 4 is 11.7 Å². The largest absolute Gasteiger partial charge is 0.383 e. The Morgan fingerprint density at radius 1 is 1.10 bits per heavy atom. The van der Waals surface area contributed by atoms with Crippen LogP contribution in [0.5, 0.6) is 0 Å². The molecule has 2 aliphatic rings. The molecular weight excluding hydrogens is 368 g/mol. The molecule has 2 rings (SSSR count). The van der Waals surface area contributed by atoms with Crippen LogP contribution >= 0.6 is 0 Å². The normalized spacial score (nSPS) is 17.5. The highest BCUT2D eigenvalue weighted by Crippen LogP contribution is 2.29. The summed E-state index contributed by atoms with van der Waals surface area (Å²) in [6, 6.07) is 0. The minimum absolute atomic E-state index is 0.347. The molecule has 0 amide bonds. The summed E-state index contributed by atoms with van der Waals surface area (Å²) in [5.41, 5.74) is 6.37. The quantitative estimate of drug-likeness (QED) is 0.307. The molecular formula is C26H38N4. The molecule has 0 radical (unpaired) electrons. The zero-order valence-corrected chi connectivity index (χ0v) is 19.3. The van der Waals surface area contributed by atoms with Crippen molar-refractivity contribution in [3.05, 3.63) is 72.2 Å². The first-order valence-electron chi connectivity index (χ1n) is 11.0. The molecule has 30 heavy (non-hydrogen) atoms. The highest BCUT2D eigenvalue weighted by molar-refractivity contribution is 6.05. The van der Waals surface area contributed by atoms with Crippen molar-refractivity contribution in [2.24, 2.45) is 15.9 Å². The van der Waals surface area contributed by atoms with Crippen LogP contribution in [0.3, 0.4) is 0 Å². The third kappa shape index (κ3) is 6.72. The van der Waals surface area contributed by atoms with E-state index in [1.165, 1.54) is 36.8 Å². The third-order valence-electron chi connectivity index (χ3n) is 5.57. The molecule has 0 saturated heterocycles. The lowest BCUT2D eigenvalue weighted by Crippen LogP contribution is -2.28. The number of hydrogen-bond acceptors (Lipinski definition) is 2. The zero-order valence-electron chi connectivity index (χ0n) is 19.3. The summed E-state index contributed by atoms with van der Waals surface area (Å²) in [6.45, 7) is 19.8. The first-order chi connectivity index (χ1) is 14.3. The predicted octanol–water partition coefficient (Wildman–Crippen LogP) is 5.95. The standard InChI is InChI=1S/C26H38N4/c1-8-17-27-26(30(7)22(6)19(2)3)29-21(5)20(4)28-18-23-13-15-24-11-9-10-12-25(24)16-14-23/h13-16,23,28H,2,4,6,8-12,17-18H2,1,3,5,7H3/b27-26?,29-21+. The highest BCUT2D eigenvalue weighted by Gasteiger charge is 2.14. The number of likely N-dealkylation sites (N-methyl/N-ethyl adjacent to an activating group) is 1. The Bertz CT molecular complexity index is 794. The van der Waals surface area contributed by atoms with Gasteiger partial charge < -0.3 is 10.2 Å². The summed E-state index contributed by atoms with van der Waals surface area (Å²) >= 11 is 0. The first-order valence-corrected chi connectivity index (χ1v) is 11.0. The van der Waals surface area contributed by atoms with E-state index < -0.39 is 0 Å². The summed E-state index contributed by atoms with van der Waals surface area (Å²) < 4.78 is 0. The molecule has 0 aliphatic heterocycles. The van der Waals surface area contributed by atoms with Crippen LogP contribution in [-0.2, 0) is 0 Å². The lowest BCUT2D eigenvalue weighted by atomic mass is 9.92. The lowest BCUT2D eigenvalue weighted by molar-refractivity contribution is 0.625. The molecule has 0 bridgehead atoms. The van der Waals surface area contributed by atoms with E-state index in [1.807, 2.05) is 25.8 Å². The molecule has 4 nitrogen and oxygen atoms in total. The molecule has 1 N–H and O–H groups in total. The van der Waals surface area contributed by atoms with Gasteiger partial charge in [0, 0.05) is 37.4 Å². The number of rotatable bonds is 8. The molecule has 0 aromatic heterocycles. The van der Waals surface area contributed by atoms with Gasteiger partial charge in [-0.25, -0.2) is 4.99 Å². The van der Waals surface area contributed by atoms with Crippen LogP contribution in [0, 0.1) is 5.92 Å². The first kappa shape index (κ1) is 23.7. The molecule has 2 aliphatic carbocycles. The van der Waals surface area contributed by atoms with Crippen molar-refractivity contribution in [2.75, 3.05) is 20.1 Å². The predicted molar refractivity (Wildman–Crippen MR) is 132 cm³/mol. The van der Waals surface area contributed by atoms with Crippen molar-refractivity contribution in [1.82, 2.24) is 10.2 Å². The fraction of sp³-hybridized carbons (Fsp3) is 0.462. The van der Waals surface area contributed by atoms with Gasteiger partial charge >= 0.3 is 0 Å². The van der Waals surface area contributed by atoms with Gasteiger partial charge in [-0.05, 0) is 62.7 Å². The monoisotopic (exact) mass is 406 g/mol. The van der Waals surface area contributed by atoms with E-state index in [1.54, 1.807) is 0 Å². The number of nitrogens with one attached hydrogen (secondary N) is 1. The van der Waals surface area contributed by atoms with Gasteiger partial charge in [0.2, 0.25) is 5.96 Å². The Hall–Kier alpha value is -2.62. The van der Waals surface area contributed by atoms with Gasteiger partial charge in [0.15, 0.2) is 0 Å². The summed E-state index contributed by atoms with van der Waals surface area (Å²) in [6.07, 6.45) is 15.2. The molecule has 0 aromatic rings. The fourth-order valence-electron chi connectivity index (χ4n) is 3.43. The van der Waals surface area contributed by atoms with Crippen LogP contribution in [0.2, 0.25) is 0 Å². The highest BCUT2D eigenvalue weighted by atomic mass is 15.3. The van der Waals surface area contributed by atoms with Crippen LogP contribution in [0.4, 0.5) is 0 Å². The van der Waals surface area contributed by atoms with Crippen LogP contribution in [0.25, 0.3) is 0 Å².